The van der Waals surface area contributed by atoms with Crippen molar-refractivity contribution in [2.45, 2.75) is 120 Å². The zero-order valence-electron chi connectivity index (χ0n) is 49.1. The van der Waals surface area contributed by atoms with Crippen LogP contribution >= 0.6 is 11.8 Å². The Hall–Kier alpha value is -6.73. The Balaban J connectivity index is 1.07. The van der Waals surface area contributed by atoms with Gasteiger partial charge in [-0.1, -0.05) is 225 Å². The molecule has 8 aromatic carbocycles. The number of benzene rings is 8. The maximum Gasteiger partial charge on any atom is 0.190 e. The highest BCUT2D eigenvalue weighted by atomic mass is 32.2. The van der Waals surface area contributed by atoms with Crippen LogP contribution in [0, 0.1) is 0 Å². The minimum Gasteiger partial charge on any atom is -0.493 e. The van der Waals surface area contributed by atoms with E-state index in [9.17, 15) is 0 Å². The molecule has 2 saturated heterocycles. The van der Waals surface area contributed by atoms with Gasteiger partial charge in [0.15, 0.2) is 24.1 Å². The van der Waals surface area contributed by atoms with E-state index in [0.29, 0.717) is 36.0 Å². The summed E-state index contributed by atoms with van der Waals surface area (Å²) in [5.41, 5.74) is 6.87. The Kier molecular flexibility index (Phi) is 24.2. The molecule has 0 aliphatic carbocycles. The third-order valence-electron chi connectivity index (χ3n) is 14.9. The number of methoxy groups -OCH3 is 2. The van der Waals surface area contributed by atoms with E-state index in [1.807, 2.05) is 231 Å². The molecule has 14 heteroatoms. The molecular weight excluding hydrogens is 1100 g/mol. The lowest BCUT2D eigenvalue weighted by atomic mass is 9.97. The summed E-state index contributed by atoms with van der Waals surface area (Å²) in [6.07, 6.45) is -8.53. The largest absolute Gasteiger partial charge is 0.493 e. The highest BCUT2D eigenvalue weighted by Crippen LogP contribution is 2.42. The second kappa shape index (κ2) is 33.4. The minimum atomic E-state index is -1.22. The molecule has 2 aliphatic rings. The van der Waals surface area contributed by atoms with Crippen LogP contribution in [0.1, 0.15) is 57.7 Å². The van der Waals surface area contributed by atoms with Gasteiger partial charge in [0, 0.05) is 5.56 Å². The van der Waals surface area contributed by atoms with Crippen LogP contribution in [0.4, 0.5) is 0 Å². The fourth-order valence-corrected chi connectivity index (χ4v) is 11.5. The SMILES string of the molecule is CCS[C@@H]1O[C@H](COCc2ccccc2)[C@@H](OCc2ccccc2)[C@H](OCc2ccccc2)[C@H]1OC(O[C@H]1O[C@H](COCc2ccccc2)[C@@H](OCc2ccccc2)[C@H](OCc2ccccc2)[C@H]1OCc1ccccc1)c1ccc(OC)c(OC)c1. The molecule has 10 rings (SSSR count). The van der Waals surface area contributed by atoms with Crippen LogP contribution in [0.2, 0.25) is 0 Å². The lowest BCUT2D eigenvalue weighted by Gasteiger charge is -2.48. The van der Waals surface area contributed by atoms with Gasteiger partial charge in [-0.05, 0) is 56.8 Å². The van der Waals surface area contributed by atoms with E-state index in [0.717, 1.165) is 38.9 Å². The normalized spacial score (nSPS) is 22.5. The van der Waals surface area contributed by atoms with E-state index in [-0.39, 0.29) is 46.2 Å². The van der Waals surface area contributed by atoms with E-state index in [1.165, 1.54) is 0 Å². The molecule has 2 aliphatic heterocycles. The Morgan fingerprint density at radius 3 is 1.09 bits per heavy atom. The van der Waals surface area contributed by atoms with Crippen LogP contribution < -0.4 is 9.47 Å². The van der Waals surface area contributed by atoms with Crippen molar-refractivity contribution in [1.82, 2.24) is 0 Å². The molecule has 2 fully saturated rings. The predicted octanol–water partition coefficient (Wildman–Crippen LogP) is 13.7. The number of thioether (sulfide) groups is 1. The highest BCUT2D eigenvalue weighted by molar-refractivity contribution is 7.99. The molecule has 0 bridgehead atoms. The molecule has 1 unspecified atom stereocenters. The average molecular weight is 1180 g/mol. The first kappa shape index (κ1) is 62.3. The molecule has 0 spiro atoms. The van der Waals surface area contributed by atoms with Crippen LogP contribution in [0.5, 0.6) is 11.5 Å². The standard InChI is InChI=1S/C72H78O13S/c1-4-86-72-69(67(80-48-57-36-22-10-23-37-57)65(78-46-55-32-18-8-19-33-55)63(83-72)51-76-44-53-28-14-6-15-29-53)84-70(59-40-41-60(73-2)61(42-59)74-3)85-71-68(81-49-58-38-24-11-25-39-58)66(79-47-56-34-20-9-21-35-56)64(77-45-54-30-16-7-17-31-54)62(82-71)50-75-43-52-26-12-5-13-27-52/h5-42,62-72H,4,43-51H2,1-3H3/t62-,63-,64-,65-,66+,67+,68-,69-,70?,71-,72+/m1/s1. The van der Waals surface area contributed by atoms with Crippen LogP contribution in [0.25, 0.3) is 0 Å². The lowest BCUT2D eigenvalue weighted by molar-refractivity contribution is -0.370. The summed E-state index contributed by atoms with van der Waals surface area (Å²) < 4.78 is 90.4. The molecule has 8 aromatic rings. The monoisotopic (exact) mass is 1180 g/mol. The highest BCUT2D eigenvalue weighted by Gasteiger charge is 2.53. The van der Waals surface area contributed by atoms with Gasteiger partial charge in [-0.15, -0.1) is 11.8 Å². The molecule has 450 valence electrons. The van der Waals surface area contributed by atoms with Crippen molar-refractivity contribution < 1.29 is 61.6 Å². The quantitative estimate of drug-likeness (QED) is 0.0372. The first-order valence-electron chi connectivity index (χ1n) is 29.5. The summed E-state index contributed by atoms with van der Waals surface area (Å²) in [4.78, 5) is 0. The number of hydrogen-bond donors (Lipinski definition) is 0. The molecule has 0 amide bonds. The van der Waals surface area contributed by atoms with Crippen LogP contribution in [0.15, 0.2) is 231 Å². The Morgan fingerprint density at radius 1 is 0.360 bits per heavy atom. The predicted molar refractivity (Wildman–Crippen MR) is 331 cm³/mol. The van der Waals surface area contributed by atoms with Crippen LogP contribution in [0.3, 0.4) is 0 Å². The van der Waals surface area contributed by atoms with Crippen molar-refractivity contribution >= 4 is 11.8 Å². The van der Waals surface area contributed by atoms with E-state index in [1.54, 1.807) is 26.0 Å². The van der Waals surface area contributed by atoms with Crippen molar-refractivity contribution in [2.24, 2.45) is 0 Å². The lowest BCUT2D eigenvalue weighted by Crippen LogP contribution is -2.62. The maximum absolute atomic E-state index is 7.66. The van der Waals surface area contributed by atoms with E-state index >= 15 is 0 Å². The van der Waals surface area contributed by atoms with Crippen LogP contribution in [-0.2, 0) is 98.4 Å². The van der Waals surface area contributed by atoms with Crippen molar-refractivity contribution in [3.63, 3.8) is 0 Å². The Morgan fingerprint density at radius 2 is 0.709 bits per heavy atom. The van der Waals surface area contributed by atoms with Gasteiger partial charge < -0.3 is 61.6 Å². The summed E-state index contributed by atoms with van der Waals surface area (Å²) in [5.74, 6) is 1.67. The third kappa shape index (κ3) is 17.9. The van der Waals surface area contributed by atoms with Gasteiger partial charge in [0.1, 0.15) is 54.3 Å². The summed E-state index contributed by atoms with van der Waals surface area (Å²) in [6.45, 7) is 4.33. The summed E-state index contributed by atoms with van der Waals surface area (Å²) in [7, 11) is 3.21. The van der Waals surface area contributed by atoms with Gasteiger partial charge >= 0.3 is 0 Å². The number of hydrogen-bond acceptors (Lipinski definition) is 14. The second-order valence-electron chi connectivity index (χ2n) is 21.0. The van der Waals surface area contributed by atoms with Crippen molar-refractivity contribution in [3.8, 4) is 11.5 Å². The molecule has 0 aromatic heterocycles. The van der Waals surface area contributed by atoms with Gasteiger partial charge in [0.25, 0.3) is 0 Å². The van der Waals surface area contributed by atoms with Gasteiger partial charge in [-0.2, -0.15) is 0 Å². The minimum absolute atomic E-state index is 0.113. The van der Waals surface area contributed by atoms with Crippen molar-refractivity contribution in [1.29, 1.82) is 0 Å². The first-order valence-corrected chi connectivity index (χ1v) is 30.5. The van der Waals surface area contributed by atoms with E-state index in [4.69, 9.17) is 61.6 Å². The molecular formula is C72H78O13S. The van der Waals surface area contributed by atoms with Gasteiger partial charge in [-0.3, -0.25) is 0 Å². The van der Waals surface area contributed by atoms with Crippen molar-refractivity contribution in [3.05, 3.63) is 275 Å². The second-order valence-corrected chi connectivity index (χ2v) is 22.4. The summed E-state index contributed by atoms with van der Waals surface area (Å²) >= 11 is 1.61. The Bertz CT molecular complexity index is 3140. The number of ether oxygens (including phenoxy) is 13. The molecule has 0 saturated carbocycles. The zero-order chi connectivity index (χ0) is 59.0. The summed E-state index contributed by atoms with van der Waals surface area (Å²) in [6, 6.07) is 76.1. The summed E-state index contributed by atoms with van der Waals surface area (Å²) in [5, 5.41) is 0. The van der Waals surface area contributed by atoms with E-state index < -0.39 is 66.8 Å². The van der Waals surface area contributed by atoms with Gasteiger partial charge in [0.2, 0.25) is 0 Å². The fourth-order valence-electron chi connectivity index (χ4n) is 10.6. The molecule has 2 heterocycles. The maximum atomic E-state index is 7.66. The fraction of sp³-hybridized carbons (Fsp3) is 0.333. The number of rotatable bonds is 32. The van der Waals surface area contributed by atoms with E-state index in [2.05, 4.69) is 6.92 Å². The average Bonchev–Trinajstić information content (AvgIpc) is 1.81. The molecule has 11 atom stereocenters. The first-order chi connectivity index (χ1) is 42.5. The Labute approximate surface area is 510 Å². The van der Waals surface area contributed by atoms with Crippen LogP contribution in [-0.4, -0.2) is 93.7 Å². The molecule has 13 nitrogen and oxygen atoms in total. The van der Waals surface area contributed by atoms with Gasteiger partial charge in [-0.25, -0.2) is 0 Å². The zero-order valence-corrected chi connectivity index (χ0v) is 49.9. The van der Waals surface area contributed by atoms with Crippen molar-refractivity contribution in [2.75, 3.05) is 33.2 Å². The molecule has 0 N–H and O–H groups in total. The third-order valence-corrected chi connectivity index (χ3v) is 16.0. The molecule has 86 heavy (non-hydrogen) atoms. The molecule has 0 radical (unpaired) electrons. The topological polar surface area (TPSA) is 120 Å². The van der Waals surface area contributed by atoms with Gasteiger partial charge in [0.05, 0.1) is 73.7 Å². The smallest absolute Gasteiger partial charge is 0.190 e.